The molecule has 1 atom stereocenters. The molecular weight excluding hydrogens is 337 g/mol. The fourth-order valence-corrected chi connectivity index (χ4v) is 2.72. The second-order valence-electron chi connectivity index (χ2n) is 5.28. The zero-order valence-electron chi connectivity index (χ0n) is 13.1. The van der Waals surface area contributed by atoms with Crippen LogP contribution in [-0.2, 0) is 7.05 Å². The number of hydrogen-bond donors (Lipinski definition) is 1. The van der Waals surface area contributed by atoms with Gasteiger partial charge in [-0.15, -0.1) is 24.8 Å². The van der Waals surface area contributed by atoms with Gasteiger partial charge in [-0.2, -0.15) is 0 Å². The van der Waals surface area contributed by atoms with Crippen LogP contribution in [0, 0.1) is 6.92 Å². The van der Waals surface area contributed by atoms with Crippen molar-refractivity contribution in [2.45, 2.75) is 13.0 Å². The van der Waals surface area contributed by atoms with Gasteiger partial charge in [0.25, 0.3) is 5.91 Å². The van der Waals surface area contributed by atoms with Gasteiger partial charge >= 0.3 is 0 Å². The van der Waals surface area contributed by atoms with E-state index in [-0.39, 0.29) is 36.8 Å². The Hall–Kier alpha value is -1.63. The molecule has 3 heterocycles. The third-order valence-electron chi connectivity index (χ3n) is 3.87. The van der Waals surface area contributed by atoms with E-state index in [1.54, 1.807) is 12.4 Å². The van der Waals surface area contributed by atoms with E-state index in [0.717, 1.165) is 17.9 Å². The molecular formula is C15H21Cl2N5O. The van der Waals surface area contributed by atoms with E-state index >= 15 is 0 Å². The molecule has 2 aromatic rings. The van der Waals surface area contributed by atoms with E-state index in [1.165, 1.54) is 0 Å². The molecule has 1 aliphatic heterocycles. The van der Waals surface area contributed by atoms with E-state index in [0.29, 0.717) is 18.8 Å². The van der Waals surface area contributed by atoms with Crippen LogP contribution in [0.1, 0.15) is 27.9 Å². The average molecular weight is 358 g/mol. The number of nitrogens with one attached hydrogen (secondary N) is 1. The number of rotatable bonds is 2. The van der Waals surface area contributed by atoms with Crippen LogP contribution in [0.15, 0.2) is 30.7 Å². The number of pyridine rings is 1. The Morgan fingerprint density at radius 1 is 1.30 bits per heavy atom. The molecule has 126 valence electrons. The highest BCUT2D eigenvalue weighted by Crippen LogP contribution is 2.22. The molecule has 1 aliphatic rings. The standard InChI is InChI=1S/C15H19N5O.2ClH/c1-11-4-3-5-17-13(11)15(21)20-9-6-16-10-12(20)14-18-7-8-19(14)2;;/h3-5,7-8,12,16H,6,9-10H2,1-2H3;2*1H. The molecule has 2 aromatic heterocycles. The summed E-state index contributed by atoms with van der Waals surface area (Å²) in [4.78, 5) is 23.4. The number of aromatic nitrogens is 3. The molecule has 0 bridgehead atoms. The number of hydrogen-bond acceptors (Lipinski definition) is 4. The Morgan fingerprint density at radius 3 is 2.74 bits per heavy atom. The highest BCUT2D eigenvalue weighted by atomic mass is 35.5. The van der Waals surface area contributed by atoms with Crippen LogP contribution in [0.4, 0.5) is 0 Å². The first-order valence-electron chi connectivity index (χ1n) is 7.09. The Morgan fingerprint density at radius 2 is 2.09 bits per heavy atom. The number of piperazine rings is 1. The summed E-state index contributed by atoms with van der Waals surface area (Å²) in [5.74, 6) is 0.867. The summed E-state index contributed by atoms with van der Waals surface area (Å²) in [6.45, 7) is 4.07. The maximum absolute atomic E-state index is 12.8. The van der Waals surface area contributed by atoms with Gasteiger partial charge in [-0.1, -0.05) is 6.07 Å². The molecule has 1 unspecified atom stereocenters. The molecule has 3 rings (SSSR count). The molecule has 8 heteroatoms. The lowest BCUT2D eigenvalue weighted by molar-refractivity contribution is 0.0614. The minimum absolute atomic E-state index is 0. The lowest BCUT2D eigenvalue weighted by atomic mass is 10.1. The van der Waals surface area contributed by atoms with E-state index in [4.69, 9.17) is 0 Å². The van der Waals surface area contributed by atoms with Gasteiger partial charge in [0.2, 0.25) is 0 Å². The molecule has 6 nitrogen and oxygen atoms in total. The first kappa shape index (κ1) is 19.4. The van der Waals surface area contributed by atoms with Crippen molar-refractivity contribution in [2.75, 3.05) is 19.6 Å². The third-order valence-corrected chi connectivity index (χ3v) is 3.87. The molecule has 0 aromatic carbocycles. The van der Waals surface area contributed by atoms with Gasteiger partial charge in [0.15, 0.2) is 0 Å². The first-order chi connectivity index (χ1) is 10.2. The Kier molecular flexibility index (Phi) is 7.00. The maximum Gasteiger partial charge on any atom is 0.273 e. The average Bonchev–Trinajstić information content (AvgIpc) is 2.93. The van der Waals surface area contributed by atoms with Crippen molar-refractivity contribution >= 4 is 30.7 Å². The fraction of sp³-hybridized carbons (Fsp3) is 0.400. The Labute approximate surface area is 148 Å². The van der Waals surface area contributed by atoms with Crippen LogP contribution in [0.25, 0.3) is 0 Å². The van der Waals surface area contributed by atoms with Crippen LogP contribution in [-0.4, -0.2) is 45.0 Å². The molecule has 0 spiro atoms. The van der Waals surface area contributed by atoms with Crippen LogP contribution in [0.2, 0.25) is 0 Å². The summed E-state index contributed by atoms with van der Waals surface area (Å²) in [5.41, 5.74) is 1.43. The normalized spacial score (nSPS) is 17.1. The van der Waals surface area contributed by atoms with E-state index < -0.39 is 0 Å². The van der Waals surface area contributed by atoms with Gasteiger partial charge < -0.3 is 14.8 Å². The van der Waals surface area contributed by atoms with E-state index in [1.807, 2.05) is 41.8 Å². The monoisotopic (exact) mass is 357 g/mol. The quantitative estimate of drug-likeness (QED) is 0.889. The van der Waals surface area contributed by atoms with Crippen molar-refractivity contribution < 1.29 is 4.79 Å². The lowest BCUT2D eigenvalue weighted by Crippen LogP contribution is -2.49. The predicted octanol–water partition coefficient (Wildman–Crippen LogP) is 1.75. The predicted molar refractivity (Wildman–Crippen MR) is 93.3 cm³/mol. The van der Waals surface area contributed by atoms with Gasteiger partial charge in [-0.25, -0.2) is 4.98 Å². The largest absolute Gasteiger partial charge is 0.336 e. The highest BCUT2D eigenvalue weighted by Gasteiger charge is 2.32. The smallest absolute Gasteiger partial charge is 0.273 e. The zero-order chi connectivity index (χ0) is 14.8. The number of imidazole rings is 1. The Bertz CT molecular complexity index is 661. The first-order valence-corrected chi connectivity index (χ1v) is 7.09. The van der Waals surface area contributed by atoms with Crippen molar-refractivity contribution in [2.24, 2.45) is 7.05 Å². The molecule has 0 radical (unpaired) electrons. The number of halogens is 2. The van der Waals surface area contributed by atoms with Crippen LogP contribution >= 0.6 is 24.8 Å². The summed E-state index contributed by atoms with van der Waals surface area (Å²) in [7, 11) is 1.95. The molecule has 1 fully saturated rings. The molecule has 0 aliphatic carbocycles. The number of aryl methyl sites for hydroxylation is 2. The molecule has 1 saturated heterocycles. The van der Waals surface area contributed by atoms with Crippen molar-refractivity contribution in [1.82, 2.24) is 24.8 Å². The topological polar surface area (TPSA) is 63.1 Å². The van der Waals surface area contributed by atoms with E-state index in [2.05, 4.69) is 15.3 Å². The van der Waals surface area contributed by atoms with Crippen molar-refractivity contribution in [3.63, 3.8) is 0 Å². The number of carbonyl (C=O) groups is 1. The molecule has 23 heavy (non-hydrogen) atoms. The summed E-state index contributed by atoms with van der Waals surface area (Å²) in [6, 6.07) is 3.70. The third kappa shape index (κ3) is 3.83. The fourth-order valence-electron chi connectivity index (χ4n) is 2.72. The van der Waals surface area contributed by atoms with E-state index in [9.17, 15) is 4.79 Å². The second kappa shape index (κ2) is 8.29. The summed E-state index contributed by atoms with van der Waals surface area (Å²) in [5, 5.41) is 3.33. The number of carbonyl (C=O) groups excluding carboxylic acids is 1. The summed E-state index contributed by atoms with van der Waals surface area (Å²) in [6.07, 6.45) is 5.33. The van der Waals surface area contributed by atoms with Gasteiger partial charge in [0.1, 0.15) is 17.6 Å². The second-order valence-corrected chi connectivity index (χ2v) is 5.28. The van der Waals surface area contributed by atoms with Crippen LogP contribution in [0.5, 0.6) is 0 Å². The minimum atomic E-state index is -0.0624. The van der Waals surface area contributed by atoms with Crippen molar-refractivity contribution in [3.05, 3.63) is 47.8 Å². The molecule has 1 N–H and O–H groups in total. The number of amides is 1. The molecule has 0 saturated carbocycles. The highest BCUT2D eigenvalue weighted by molar-refractivity contribution is 5.94. The van der Waals surface area contributed by atoms with Crippen LogP contribution < -0.4 is 5.32 Å². The maximum atomic E-state index is 12.8. The Balaban J connectivity index is 0.00000132. The summed E-state index contributed by atoms with van der Waals surface area (Å²) >= 11 is 0. The molecule has 1 amide bonds. The van der Waals surface area contributed by atoms with Crippen molar-refractivity contribution in [3.8, 4) is 0 Å². The van der Waals surface area contributed by atoms with Gasteiger partial charge in [0.05, 0.1) is 0 Å². The zero-order valence-corrected chi connectivity index (χ0v) is 14.7. The van der Waals surface area contributed by atoms with Gasteiger partial charge in [-0.3, -0.25) is 9.78 Å². The number of nitrogens with zero attached hydrogens (tertiary/aromatic N) is 4. The van der Waals surface area contributed by atoms with Crippen molar-refractivity contribution in [1.29, 1.82) is 0 Å². The summed E-state index contributed by atoms with van der Waals surface area (Å²) < 4.78 is 1.96. The van der Waals surface area contributed by atoms with Gasteiger partial charge in [-0.05, 0) is 18.6 Å². The van der Waals surface area contributed by atoms with Gasteiger partial charge in [0, 0.05) is 45.3 Å². The lowest BCUT2D eigenvalue weighted by Gasteiger charge is -2.35. The van der Waals surface area contributed by atoms with Crippen LogP contribution in [0.3, 0.4) is 0 Å². The SMILES string of the molecule is Cc1cccnc1C(=O)N1CCNCC1c1nccn1C.Cl.Cl. The minimum Gasteiger partial charge on any atom is -0.336 e.